The zero-order valence-corrected chi connectivity index (χ0v) is 20.6. The van der Waals surface area contributed by atoms with Gasteiger partial charge in [0.2, 0.25) is 5.75 Å². The second-order valence-corrected chi connectivity index (χ2v) is 7.96. The highest BCUT2D eigenvalue weighted by molar-refractivity contribution is 5.95. The molecular weight excluding hydrogens is 464 g/mol. The quantitative estimate of drug-likeness (QED) is 0.350. The monoisotopic (exact) mass is 492 g/mol. The van der Waals surface area contributed by atoms with Crippen LogP contribution in [0.5, 0.6) is 23.0 Å². The van der Waals surface area contributed by atoms with Crippen LogP contribution >= 0.6 is 0 Å². The molecule has 9 heteroatoms. The molecule has 0 aliphatic rings. The number of aromatic nitrogens is 1. The van der Waals surface area contributed by atoms with Crippen LogP contribution in [0.2, 0.25) is 0 Å². The molecule has 0 bridgehead atoms. The van der Waals surface area contributed by atoms with Gasteiger partial charge in [-0.3, -0.25) is 9.59 Å². The molecule has 0 atom stereocenters. The fourth-order valence-electron chi connectivity index (χ4n) is 3.99. The molecular formula is C27H28N2O7. The number of rotatable bonds is 10. The van der Waals surface area contributed by atoms with E-state index >= 15 is 0 Å². The molecule has 0 saturated carbocycles. The fourth-order valence-corrected chi connectivity index (χ4v) is 3.99. The summed E-state index contributed by atoms with van der Waals surface area (Å²) < 4.78 is 27.3. The maximum absolute atomic E-state index is 13.7. The third kappa shape index (κ3) is 5.14. The number of amides is 1. The van der Waals surface area contributed by atoms with Gasteiger partial charge in [-0.05, 0) is 55.5 Å². The first kappa shape index (κ1) is 24.7. The molecule has 4 aromatic rings. The summed E-state index contributed by atoms with van der Waals surface area (Å²) in [4.78, 5) is 31.1. The van der Waals surface area contributed by atoms with Gasteiger partial charge in [-0.2, -0.15) is 0 Å². The Morgan fingerprint density at radius 3 is 2.33 bits per heavy atom. The van der Waals surface area contributed by atoms with Crippen molar-refractivity contribution < 1.29 is 28.2 Å². The number of benzene rings is 2. The third-order valence-corrected chi connectivity index (χ3v) is 5.69. The first-order valence-corrected chi connectivity index (χ1v) is 11.4. The van der Waals surface area contributed by atoms with Crippen LogP contribution in [0.4, 0.5) is 0 Å². The lowest BCUT2D eigenvalue weighted by molar-refractivity contribution is 0.0716. The summed E-state index contributed by atoms with van der Waals surface area (Å²) in [5.74, 6) is 2.02. The zero-order valence-electron chi connectivity index (χ0n) is 20.6. The van der Waals surface area contributed by atoms with Crippen molar-refractivity contribution in [2.75, 3.05) is 27.9 Å². The number of H-pyrrole nitrogens is 1. The van der Waals surface area contributed by atoms with Gasteiger partial charge in [0, 0.05) is 22.0 Å². The highest BCUT2D eigenvalue weighted by Crippen LogP contribution is 2.38. The molecule has 188 valence electrons. The van der Waals surface area contributed by atoms with Crippen LogP contribution in [-0.4, -0.2) is 43.7 Å². The topological polar surface area (TPSA) is 103 Å². The lowest BCUT2D eigenvalue weighted by Crippen LogP contribution is -2.32. The highest BCUT2D eigenvalue weighted by Gasteiger charge is 2.23. The standard InChI is InChI=1S/C27H28N2O7/c1-5-35-20-8-9-22-17(12-20)11-19(26(30)28-22)15-29(16-21-7-6-10-36-21)27(31)18-13-23(32-2)25(34-4)24(14-18)33-3/h6-14H,5,15-16H2,1-4H3,(H,28,30). The van der Waals surface area contributed by atoms with Gasteiger partial charge in [-0.1, -0.05) is 0 Å². The Balaban J connectivity index is 1.74. The van der Waals surface area contributed by atoms with Crippen molar-refractivity contribution in [3.05, 3.63) is 82.0 Å². The molecule has 0 radical (unpaired) electrons. The lowest BCUT2D eigenvalue weighted by atomic mass is 10.1. The smallest absolute Gasteiger partial charge is 0.254 e. The minimum absolute atomic E-state index is 0.0420. The fraction of sp³-hybridized carbons (Fsp3) is 0.259. The van der Waals surface area contributed by atoms with E-state index in [9.17, 15) is 9.59 Å². The van der Waals surface area contributed by atoms with Crippen LogP contribution in [0.3, 0.4) is 0 Å². The second kappa shape index (κ2) is 10.9. The van der Waals surface area contributed by atoms with Crippen molar-refractivity contribution in [1.82, 2.24) is 9.88 Å². The number of ether oxygens (including phenoxy) is 4. The number of furan rings is 1. The summed E-state index contributed by atoms with van der Waals surface area (Å²) >= 11 is 0. The molecule has 0 aliphatic carbocycles. The van der Waals surface area contributed by atoms with E-state index < -0.39 is 0 Å². The number of nitrogens with one attached hydrogen (secondary N) is 1. The summed E-state index contributed by atoms with van der Waals surface area (Å²) in [6.07, 6.45) is 1.54. The van der Waals surface area contributed by atoms with Gasteiger partial charge in [0.1, 0.15) is 11.5 Å². The average molecular weight is 493 g/mol. The van der Waals surface area contributed by atoms with E-state index in [4.69, 9.17) is 23.4 Å². The number of nitrogens with zero attached hydrogens (tertiary/aromatic N) is 1. The van der Waals surface area contributed by atoms with Crippen LogP contribution in [0.15, 0.2) is 64.0 Å². The largest absolute Gasteiger partial charge is 0.494 e. The molecule has 36 heavy (non-hydrogen) atoms. The number of hydrogen-bond acceptors (Lipinski definition) is 7. The minimum Gasteiger partial charge on any atom is -0.494 e. The normalized spacial score (nSPS) is 10.8. The maximum Gasteiger partial charge on any atom is 0.254 e. The molecule has 4 rings (SSSR count). The van der Waals surface area contributed by atoms with Gasteiger partial charge in [-0.25, -0.2) is 0 Å². The van der Waals surface area contributed by atoms with Gasteiger partial charge >= 0.3 is 0 Å². The molecule has 0 spiro atoms. The van der Waals surface area contributed by atoms with Gasteiger partial charge in [0.25, 0.3) is 11.5 Å². The van der Waals surface area contributed by atoms with Crippen molar-refractivity contribution >= 4 is 16.8 Å². The molecule has 0 fully saturated rings. The Morgan fingerprint density at radius 2 is 1.72 bits per heavy atom. The Morgan fingerprint density at radius 1 is 0.972 bits per heavy atom. The molecule has 0 unspecified atom stereocenters. The van der Waals surface area contributed by atoms with E-state index in [1.54, 1.807) is 42.5 Å². The Kier molecular flexibility index (Phi) is 7.48. The lowest BCUT2D eigenvalue weighted by Gasteiger charge is -2.23. The van der Waals surface area contributed by atoms with Gasteiger partial charge in [0.15, 0.2) is 11.5 Å². The van der Waals surface area contributed by atoms with Gasteiger partial charge in [0.05, 0.1) is 47.3 Å². The van der Waals surface area contributed by atoms with Crippen LogP contribution in [0.1, 0.15) is 28.6 Å². The highest BCUT2D eigenvalue weighted by atomic mass is 16.5. The summed E-state index contributed by atoms with van der Waals surface area (Å²) in [6.45, 7) is 2.63. The Labute approximate surface area is 208 Å². The SMILES string of the molecule is CCOc1ccc2[nH]c(=O)c(CN(Cc3ccco3)C(=O)c3cc(OC)c(OC)c(OC)c3)cc2c1. The van der Waals surface area contributed by atoms with E-state index in [0.717, 1.165) is 5.39 Å². The minimum atomic E-state index is -0.340. The van der Waals surface area contributed by atoms with Crippen LogP contribution in [0.25, 0.3) is 10.9 Å². The first-order valence-electron chi connectivity index (χ1n) is 11.4. The molecule has 1 amide bonds. The summed E-state index contributed by atoms with van der Waals surface area (Å²) in [5.41, 5.74) is 1.13. The van der Waals surface area contributed by atoms with Crippen molar-refractivity contribution in [3.8, 4) is 23.0 Å². The van der Waals surface area contributed by atoms with E-state index in [1.165, 1.54) is 32.5 Å². The van der Waals surface area contributed by atoms with Gasteiger partial charge < -0.3 is 33.2 Å². The summed E-state index contributed by atoms with van der Waals surface area (Å²) in [6, 6.07) is 13.9. The predicted octanol–water partition coefficient (Wildman–Crippen LogP) is 4.39. The second-order valence-electron chi connectivity index (χ2n) is 7.96. The van der Waals surface area contributed by atoms with Gasteiger partial charge in [-0.15, -0.1) is 0 Å². The third-order valence-electron chi connectivity index (χ3n) is 5.69. The number of carbonyl (C=O) groups is 1. The van der Waals surface area contributed by atoms with E-state index in [-0.39, 0.29) is 24.6 Å². The number of hydrogen-bond donors (Lipinski definition) is 1. The van der Waals surface area contributed by atoms with Crippen molar-refractivity contribution in [2.45, 2.75) is 20.0 Å². The van der Waals surface area contributed by atoms with E-state index in [2.05, 4.69) is 4.98 Å². The van der Waals surface area contributed by atoms with Crippen molar-refractivity contribution in [1.29, 1.82) is 0 Å². The summed E-state index contributed by atoms with van der Waals surface area (Å²) in [5, 5.41) is 0.800. The Bertz CT molecular complexity index is 1380. The molecule has 0 aliphatic heterocycles. The molecule has 2 aromatic carbocycles. The molecule has 2 heterocycles. The van der Waals surface area contributed by atoms with Crippen molar-refractivity contribution in [2.24, 2.45) is 0 Å². The van der Waals surface area contributed by atoms with Crippen LogP contribution < -0.4 is 24.5 Å². The Hall–Kier alpha value is -4.40. The predicted molar refractivity (Wildman–Crippen MR) is 134 cm³/mol. The number of pyridine rings is 1. The maximum atomic E-state index is 13.7. The number of fused-ring (bicyclic) bond motifs is 1. The molecule has 0 saturated heterocycles. The van der Waals surface area contributed by atoms with E-state index in [0.29, 0.717) is 52.0 Å². The molecule has 1 N–H and O–H groups in total. The van der Waals surface area contributed by atoms with E-state index in [1.807, 2.05) is 13.0 Å². The number of methoxy groups -OCH3 is 3. The van der Waals surface area contributed by atoms with Crippen LogP contribution in [-0.2, 0) is 13.1 Å². The molecule has 9 nitrogen and oxygen atoms in total. The first-order chi connectivity index (χ1) is 17.5. The number of carbonyl (C=O) groups excluding carboxylic acids is 1. The average Bonchev–Trinajstić information content (AvgIpc) is 3.40. The van der Waals surface area contributed by atoms with Crippen LogP contribution in [0, 0.1) is 0 Å². The van der Waals surface area contributed by atoms with Crippen molar-refractivity contribution in [3.63, 3.8) is 0 Å². The molecule has 2 aromatic heterocycles. The number of aromatic amines is 1. The summed E-state index contributed by atoms with van der Waals surface area (Å²) in [7, 11) is 4.46. The zero-order chi connectivity index (χ0) is 25.7.